The van der Waals surface area contributed by atoms with Crippen molar-refractivity contribution in [3.8, 4) is 21.1 Å². The molecule has 10 heteroatoms. The van der Waals surface area contributed by atoms with Crippen molar-refractivity contribution in [3.05, 3.63) is 66.0 Å². The van der Waals surface area contributed by atoms with Crippen molar-refractivity contribution >= 4 is 28.3 Å². The molecule has 4 aromatic rings. The Bertz CT molecular complexity index is 1290. The van der Waals surface area contributed by atoms with E-state index >= 15 is 0 Å². The van der Waals surface area contributed by atoms with E-state index in [1.807, 2.05) is 0 Å². The summed E-state index contributed by atoms with van der Waals surface area (Å²) >= 11 is 1.70. The lowest BCUT2D eigenvalue weighted by atomic mass is 10.1. The molecule has 0 atom stereocenters. The summed E-state index contributed by atoms with van der Waals surface area (Å²) in [6.45, 7) is 3.49. The molecular formula is C25H23F4N3O2S. The molecule has 0 spiro atoms. The molecule has 1 aliphatic heterocycles. The van der Waals surface area contributed by atoms with Crippen LogP contribution in [0.15, 0.2) is 54.6 Å². The fraction of sp³-hybridized carbons (Fsp3) is 0.280. The van der Waals surface area contributed by atoms with Crippen molar-refractivity contribution in [3.63, 3.8) is 0 Å². The Morgan fingerprint density at radius 3 is 2.31 bits per heavy atom. The Labute approximate surface area is 203 Å². The minimum atomic E-state index is -5.08. The third-order valence-corrected chi connectivity index (χ3v) is 6.76. The number of benzene rings is 2. The van der Waals surface area contributed by atoms with Gasteiger partial charge in [-0.1, -0.05) is 30.7 Å². The third-order valence-electron chi connectivity index (χ3n) is 5.62. The van der Waals surface area contributed by atoms with E-state index in [9.17, 15) is 17.6 Å². The number of alkyl halides is 3. The van der Waals surface area contributed by atoms with Crippen LogP contribution in [0.2, 0.25) is 0 Å². The van der Waals surface area contributed by atoms with E-state index in [2.05, 4.69) is 51.3 Å². The van der Waals surface area contributed by atoms with Crippen LogP contribution >= 0.6 is 11.3 Å². The van der Waals surface area contributed by atoms with Gasteiger partial charge in [-0.15, -0.1) is 11.3 Å². The SMILES string of the molecule is Fc1ccc2nc(-c3ccc(-c4ccc(CN5CCCCC5)cc4)s3)[nH]c2c1.O=C(O)C(F)(F)F. The zero-order valence-electron chi connectivity index (χ0n) is 18.6. The quantitative estimate of drug-likeness (QED) is 0.302. The van der Waals surface area contributed by atoms with Crippen molar-refractivity contribution < 1.29 is 27.5 Å². The van der Waals surface area contributed by atoms with Crippen molar-refractivity contribution in [2.75, 3.05) is 13.1 Å². The number of piperidine rings is 1. The summed E-state index contributed by atoms with van der Waals surface area (Å²) in [6, 6.07) is 17.8. The number of halogens is 4. The van der Waals surface area contributed by atoms with Gasteiger partial charge >= 0.3 is 12.1 Å². The number of hydrogen-bond acceptors (Lipinski definition) is 4. The largest absolute Gasteiger partial charge is 0.490 e. The first-order chi connectivity index (χ1) is 16.7. The molecule has 2 N–H and O–H groups in total. The Morgan fingerprint density at radius 1 is 1.00 bits per heavy atom. The molecule has 5 nitrogen and oxygen atoms in total. The van der Waals surface area contributed by atoms with E-state index < -0.39 is 12.1 Å². The number of aromatic nitrogens is 2. The van der Waals surface area contributed by atoms with Crippen LogP contribution in [0, 0.1) is 5.82 Å². The highest BCUT2D eigenvalue weighted by Crippen LogP contribution is 2.34. The van der Waals surface area contributed by atoms with Crippen LogP contribution in [0.1, 0.15) is 24.8 Å². The Balaban J connectivity index is 0.000000364. The van der Waals surface area contributed by atoms with Gasteiger partial charge in [0.25, 0.3) is 0 Å². The minimum absolute atomic E-state index is 0.251. The van der Waals surface area contributed by atoms with E-state index in [1.165, 1.54) is 60.5 Å². The molecule has 5 rings (SSSR count). The molecule has 2 aromatic heterocycles. The predicted octanol–water partition coefficient (Wildman–Crippen LogP) is 6.72. The van der Waals surface area contributed by atoms with Crippen molar-refractivity contribution in [2.45, 2.75) is 32.0 Å². The van der Waals surface area contributed by atoms with Crippen molar-refractivity contribution in [2.24, 2.45) is 0 Å². The average molecular weight is 506 g/mol. The van der Waals surface area contributed by atoms with Crippen LogP contribution in [0.25, 0.3) is 32.2 Å². The number of carboxylic acids is 1. The molecule has 35 heavy (non-hydrogen) atoms. The molecule has 0 unspecified atom stereocenters. The maximum atomic E-state index is 13.4. The van der Waals surface area contributed by atoms with Crippen LogP contribution in [-0.4, -0.2) is 45.2 Å². The number of likely N-dealkylation sites (tertiary alicyclic amines) is 1. The normalized spacial score (nSPS) is 14.5. The Hall–Kier alpha value is -3.24. The zero-order chi connectivity index (χ0) is 25.0. The number of imidazole rings is 1. The number of nitrogens with zero attached hydrogens (tertiary/aromatic N) is 2. The Kier molecular flexibility index (Phi) is 7.51. The Morgan fingerprint density at radius 2 is 1.66 bits per heavy atom. The highest BCUT2D eigenvalue weighted by Gasteiger charge is 2.38. The standard InChI is InChI=1S/C23H22FN3S.C2HF3O2/c24-18-8-9-19-20(14-18)26-23(25-19)22-11-10-21(28-22)17-6-4-16(5-7-17)15-27-12-2-1-3-13-27;3-2(4,5)1(6)7/h4-11,14H,1-3,12-13,15H2,(H,25,26);(H,6,7). The number of carboxylic acid groups (broad SMARTS) is 1. The van der Waals surface area contributed by atoms with Gasteiger partial charge in [0.05, 0.1) is 15.9 Å². The van der Waals surface area contributed by atoms with E-state index in [4.69, 9.17) is 9.90 Å². The molecular weight excluding hydrogens is 482 g/mol. The molecule has 1 fully saturated rings. The maximum absolute atomic E-state index is 13.4. The zero-order valence-corrected chi connectivity index (χ0v) is 19.4. The van der Waals surface area contributed by atoms with Crippen molar-refractivity contribution in [1.29, 1.82) is 0 Å². The summed E-state index contributed by atoms with van der Waals surface area (Å²) in [5.41, 5.74) is 4.11. The lowest BCUT2D eigenvalue weighted by Gasteiger charge is -2.26. The fourth-order valence-corrected chi connectivity index (χ4v) is 4.83. The lowest BCUT2D eigenvalue weighted by molar-refractivity contribution is -0.192. The van der Waals surface area contributed by atoms with Crippen LogP contribution in [0.3, 0.4) is 0 Å². The van der Waals surface area contributed by atoms with Crippen molar-refractivity contribution in [1.82, 2.24) is 14.9 Å². The summed E-state index contributed by atoms with van der Waals surface area (Å²) in [6.07, 6.45) is -1.06. The first-order valence-electron chi connectivity index (χ1n) is 11.1. The molecule has 2 aromatic carbocycles. The molecule has 3 heterocycles. The summed E-state index contributed by atoms with van der Waals surface area (Å²) in [7, 11) is 0. The third kappa shape index (κ3) is 6.46. The number of fused-ring (bicyclic) bond motifs is 1. The second kappa shape index (κ2) is 10.6. The number of rotatable bonds is 4. The number of nitrogens with one attached hydrogen (secondary N) is 1. The second-order valence-corrected chi connectivity index (χ2v) is 9.33. The smallest absolute Gasteiger partial charge is 0.475 e. The molecule has 0 saturated carbocycles. The summed E-state index contributed by atoms with van der Waals surface area (Å²) in [5.74, 6) is -2.22. The number of carbonyl (C=O) groups is 1. The summed E-state index contributed by atoms with van der Waals surface area (Å²) in [5, 5.41) is 7.12. The van der Waals surface area contributed by atoms with Gasteiger partial charge in [-0.05, 0) is 67.4 Å². The molecule has 0 amide bonds. The predicted molar refractivity (Wildman–Crippen MR) is 128 cm³/mol. The fourth-order valence-electron chi connectivity index (χ4n) is 3.87. The number of H-pyrrole nitrogens is 1. The minimum Gasteiger partial charge on any atom is -0.475 e. The number of thiophene rings is 1. The topological polar surface area (TPSA) is 69.2 Å². The van der Waals surface area contributed by atoms with E-state index in [0.717, 1.165) is 28.3 Å². The summed E-state index contributed by atoms with van der Waals surface area (Å²) in [4.78, 5) is 21.5. The monoisotopic (exact) mass is 505 g/mol. The number of aliphatic carboxylic acids is 1. The van der Waals surface area contributed by atoms with Gasteiger partial charge in [0.1, 0.15) is 11.6 Å². The van der Waals surface area contributed by atoms with E-state index in [1.54, 1.807) is 17.4 Å². The molecule has 0 bridgehead atoms. The van der Waals surface area contributed by atoms with Gasteiger partial charge in [-0.2, -0.15) is 13.2 Å². The highest BCUT2D eigenvalue weighted by atomic mass is 32.1. The van der Waals surface area contributed by atoms with Gasteiger partial charge in [-0.25, -0.2) is 14.2 Å². The second-order valence-electron chi connectivity index (χ2n) is 8.25. The number of hydrogen-bond donors (Lipinski definition) is 2. The first-order valence-corrected chi connectivity index (χ1v) is 11.9. The van der Waals surface area contributed by atoms with E-state index in [0.29, 0.717) is 0 Å². The molecule has 184 valence electrons. The van der Waals surface area contributed by atoms with Gasteiger partial charge < -0.3 is 10.1 Å². The maximum Gasteiger partial charge on any atom is 0.490 e. The molecule has 0 aliphatic carbocycles. The first kappa shape index (κ1) is 24.9. The van der Waals surface area contributed by atoms with Crippen LogP contribution < -0.4 is 0 Å². The van der Waals surface area contributed by atoms with Crippen LogP contribution in [-0.2, 0) is 11.3 Å². The average Bonchev–Trinajstić information content (AvgIpc) is 3.47. The van der Waals surface area contributed by atoms with Crippen LogP contribution in [0.4, 0.5) is 17.6 Å². The lowest BCUT2D eigenvalue weighted by Crippen LogP contribution is -2.28. The van der Waals surface area contributed by atoms with Gasteiger partial charge in [0, 0.05) is 11.4 Å². The van der Waals surface area contributed by atoms with Gasteiger partial charge in [0.15, 0.2) is 0 Å². The highest BCUT2D eigenvalue weighted by molar-refractivity contribution is 7.18. The molecule has 1 saturated heterocycles. The van der Waals surface area contributed by atoms with Gasteiger partial charge in [-0.3, -0.25) is 4.90 Å². The number of aromatic amines is 1. The van der Waals surface area contributed by atoms with Crippen LogP contribution in [0.5, 0.6) is 0 Å². The van der Waals surface area contributed by atoms with E-state index in [-0.39, 0.29) is 5.82 Å². The molecule has 1 aliphatic rings. The summed E-state index contributed by atoms with van der Waals surface area (Å²) < 4.78 is 45.1. The molecule has 0 radical (unpaired) electrons. The van der Waals surface area contributed by atoms with Gasteiger partial charge in [0.2, 0.25) is 0 Å².